The molecule has 0 saturated heterocycles. The molecule has 0 unspecified atom stereocenters. The van der Waals surface area contributed by atoms with Crippen LogP contribution in [0.1, 0.15) is 11.1 Å². The van der Waals surface area contributed by atoms with E-state index in [1.165, 1.54) is 11.1 Å². The smallest absolute Gasteiger partial charge is 0.0404 e. The number of benzene rings is 1. The van der Waals surface area contributed by atoms with Gasteiger partial charge in [-0.25, -0.2) is 0 Å². The first-order valence-electron chi connectivity index (χ1n) is 4.20. The highest BCUT2D eigenvalue weighted by Gasteiger charge is 1.95. The van der Waals surface area contributed by atoms with E-state index in [1.54, 1.807) is 0 Å². The number of hydrogen-bond acceptors (Lipinski definition) is 0. The number of hydrogen-bond donors (Lipinski definition) is 0. The van der Waals surface area contributed by atoms with E-state index in [4.69, 9.17) is 11.6 Å². The SMILES string of the molecule is Cc1cc(Br)ccc1C/C=C/CCl. The molecule has 0 heterocycles. The third-order valence-electron chi connectivity index (χ3n) is 1.90. The summed E-state index contributed by atoms with van der Waals surface area (Å²) < 4.78 is 1.13. The second-order valence-electron chi connectivity index (χ2n) is 2.90. The highest BCUT2D eigenvalue weighted by atomic mass is 79.9. The molecule has 0 aliphatic rings. The summed E-state index contributed by atoms with van der Waals surface area (Å²) in [5, 5.41) is 0. The highest BCUT2D eigenvalue weighted by Crippen LogP contribution is 2.16. The van der Waals surface area contributed by atoms with Gasteiger partial charge >= 0.3 is 0 Å². The molecule has 0 fully saturated rings. The molecule has 1 aromatic rings. The summed E-state index contributed by atoms with van der Waals surface area (Å²) in [6.45, 7) is 2.12. The van der Waals surface area contributed by atoms with Gasteiger partial charge in [0.05, 0.1) is 0 Å². The molecule has 0 bridgehead atoms. The predicted octanol–water partition coefficient (Wildman–Crippen LogP) is 4.10. The summed E-state index contributed by atoms with van der Waals surface area (Å²) >= 11 is 8.98. The topological polar surface area (TPSA) is 0 Å². The van der Waals surface area contributed by atoms with E-state index < -0.39 is 0 Å². The Kier molecular flexibility index (Phi) is 4.54. The zero-order valence-corrected chi connectivity index (χ0v) is 9.90. The largest absolute Gasteiger partial charge is 0.122 e. The van der Waals surface area contributed by atoms with Crippen LogP contribution in [0.15, 0.2) is 34.8 Å². The van der Waals surface area contributed by atoms with Crippen molar-refractivity contribution in [3.63, 3.8) is 0 Å². The van der Waals surface area contributed by atoms with Gasteiger partial charge in [0.15, 0.2) is 0 Å². The predicted molar refractivity (Wildman–Crippen MR) is 62.4 cm³/mol. The average molecular weight is 260 g/mol. The zero-order valence-electron chi connectivity index (χ0n) is 7.56. The van der Waals surface area contributed by atoms with Gasteiger partial charge in [0.2, 0.25) is 0 Å². The van der Waals surface area contributed by atoms with Crippen molar-refractivity contribution in [2.24, 2.45) is 0 Å². The van der Waals surface area contributed by atoms with Crippen molar-refractivity contribution in [3.8, 4) is 0 Å². The minimum atomic E-state index is 0.593. The molecule has 0 nitrogen and oxygen atoms in total. The van der Waals surface area contributed by atoms with Crippen LogP contribution in [-0.2, 0) is 6.42 Å². The Morgan fingerprint density at radius 1 is 1.38 bits per heavy atom. The first-order valence-corrected chi connectivity index (χ1v) is 5.53. The quantitative estimate of drug-likeness (QED) is 0.566. The standard InChI is InChI=1S/C11H12BrCl/c1-9-8-11(12)6-5-10(9)4-2-3-7-13/h2-3,5-6,8H,4,7H2,1H3/b3-2+. The fourth-order valence-electron chi connectivity index (χ4n) is 1.16. The second-order valence-corrected chi connectivity index (χ2v) is 4.12. The maximum Gasteiger partial charge on any atom is 0.0404 e. The number of rotatable bonds is 3. The summed E-state index contributed by atoms with van der Waals surface area (Å²) in [4.78, 5) is 0. The van der Waals surface area contributed by atoms with E-state index in [0.717, 1.165) is 10.9 Å². The van der Waals surface area contributed by atoms with Crippen LogP contribution >= 0.6 is 27.5 Å². The van der Waals surface area contributed by atoms with Crippen LogP contribution in [0.25, 0.3) is 0 Å². The molecule has 0 amide bonds. The molecule has 0 N–H and O–H groups in total. The Bertz CT molecular complexity index is 305. The summed E-state index contributed by atoms with van der Waals surface area (Å²) in [7, 11) is 0. The molecule has 2 heteroatoms. The van der Waals surface area contributed by atoms with Crippen molar-refractivity contribution >= 4 is 27.5 Å². The lowest BCUT2D eigenvalue weighted by Gasteiger charge is -2.02. The molecule has 0 radical (unpaired) electrons. The van der Waals surface area contributed by atoms with Crippen molar-refractivity contribution in [2.75, 3.05) is 5.88 Å². The van der Waals surface area contributed by atoms with E-state index in [-0.39, 0.29) is 0 Å². The van der Waals surface area contributed by atoms with Gasteiger partial charge in [0.1, 0.15) is 0 Å². The molecule has 13 heavy (non-hydrogen) atoms. The van der Waals surface area contributed by atoms with Gasteiger partial charge in [0.25, 0.3) is 0 Å². The van der Waals surface area contributed by atoms with E-state index in [2.05, 4.69) is 47.1 Å². The van der Waals surface area contributed by atoms with Crippen molar-refractivity contribution < 1.29 is 0 Å². The summed E-state index contributed by atoms with van der Waals surface area (Å²) in [6.07, 6.45) is 5.04. The fraction of sp³-hybridized carbons (Fsp3) is 0.273. The van der Waals surface area contributed by atoms with E-state index in [9.17, 15) is 0 Å². The number of aryl methyl sites for hydroxylation is 1. The van der Waals surface area contributed by atoms with Crippen LogP contribution in [0.2, 0.25) is 0 Å². The van der Waals surface area contributed by atoms with Crippen LogP contribution in [0, 0.1) is 6.92 Å². The van der Waals surface area contributed by atoms with Crippen molar-refractivity contribution in [1.82, 2.24) is 0 Å². The summed E-state index contributed by atoms with van der Waals surface area (Å²) in [5.74, 6) is 0.593. The van der Waals surface area contributed by atoms with Gasteiger partial charge in [-0.1, -0.05) is 34.1 Å². The van der Waals surface area contributed by atoms with Crippen LogP contribution in [-0.4, -0.2) is 5.88 Å². The van der Waals surface area contributed by atoms with Crippen molar-refractivity contribution in [1.29, 1.82) is 0 Å². The zero-order chi connectivity index (χ0) is 9.68. The molecular formula is C11H12BrCl. The van der Waals surface area contributed by atoms with Gasteiger partial charge in [-0.3, -0.25) is 0 Å². The van der Waals surface area contributed by atoms with Gasteiger partial charge in [-0.15, -0.1) is 11.6 Å². The minimum Gasteiger partial charge on any atom is -0.122 e. The molecule has 0 spiro atoms. The number of halogens is 2. The molecule has 0 saturated carbocycles. The number of alkyl halides is 1. The maximum absolute atomic E-state index is 5.54. The minimum absolute atomic E-state index is 0.593. The molecule has 0 aliphatic carbocycles. The molecule has 1 aromatic carbocycles. The van der Waals surface area contributed by atoms with E-state index >= 15 is 0 Å². The van der Waals surface area contributed by atoms with E-state index in [0.29, 0.717) is 5.88 Å². The highest BCUT2D eigenvalue weighted by molar-refractivity contribution is 9.10. The molecule has 0 atom stereocenters. The Hall–Kier alpha value is -0.270. The molecule has 1 rings (SSSR count). The normalized spacial score (nSPS) is 11.0. The lowest BCUT2D eigenvalue weighted by Crippen LogP contribution is -1.86. The molecule has 70 valence electrons. The average Bonchev–Trinajstić information content (AvgIpc) is 2.09. The van der Waals surface area contributed by atoms with Crippen molar-refractivity contribution in [3.05, 3.63) is 46.0 Å². The summed E-state index contributed by atoms with van der Waals surface area (Å²) in [6, 6.07) is 6.33. The lowest BCUT2D eigenvalue weighted by molar-refractivity contribution is 1.20. The van der Waals surface area contributed by atoms with Crippen LogP contribution in [0.4, 0.5) is 0 Å². The molecule has 0 aromatic heterocycles. The van der Waals surface area contributed by atoms with E-state index in [1.807, 2.05) is 6.08 Å². The van der Waals surface area contributed by atoms with Gasteiger partial charge < -0.3 is 0 Å². The fourth-order valence-corrected chi connectivity index (χ4v) is 1.76. The Labute approximate surface area is 92.7 Å². The van der Waals surface area contributed by atoms with Crippen molar-refractivity contribution in [2.45, 2.75) is 13.3 Å². The van der Waals surface area contributed by atoms with Gasteiger partial charge in [0, 0.05) is 10.4 Å². The second kappa shape index (κ2) is 5.46. The van der Waals surface area contributed by atoms with Gasteiger partial charge in [-0.05, 0) is 36.6 Å². The third-order valence-corrected chi connectivity index (χ3v) is 2.57. The molecular weight excluding hydrogens is 247 g/mol. The Morgan fingerprint density at radius 2 is 2.15 bits per heavy atom. The third kappa shape index (κ3) is 3.53. The lowest BCUT2D eigenvalue weighted by atomic mass is 10.1. The van der Waals surface area contributed by atoms with Crippen LogP contribution < -0.4 is 0 Å². The first-order chi connectivity index (χ1) is 6.24. The monoisotopic (exact) mass is 258 g/mol. The molecule has 0 aliphatic heterocycles. The Balaban J connectivity index is 2.72. The Morgan fingerprint density at radius 3 is 2.77 bits per heavy atom. The van der Waals surface area contributed by atoms with Crippen LogP contribution in [0.3, 0.4) is 0 Å². The summed E-state index contributed by atoms with van der Waals surface area (Å²) in [5.41, 5.74) is 2.66. The number of allylic oxidation sites excluding steroid dienone is 2. The van der Waals surface area contributed by atoms with Gasteiger partial charge in [-0.2, -0.15) is 0 Å². The maximum atomic E-state index is 5.54. The van der Waals surface area contributed by atoms with Crippen LogP contribution in [0.5, 0.6) is 0 Å². The first kappa shape index (κ1) is 10.8.